The predicted octanol–water partition coefficient (Wildman–Crippen LogP) is 1.32. The first-order chi connectivity index (χ1) is 28.2. The molecule has 3 fully saturated rings. The maximum atomic E-state index is 10.2. The zero-order valence-corrected chi connectivity index (χ0v) is 38.4. The van der Waals surface area contributed by atoms with Gasteiger partial charge in [-0.1, -0.05) is 69.2 Å². The highest BCUT2D eigenvalue weighted by Gasteiger charge is 2.52. The van der Waals surface area contributed by atoms with Crippen molar-refractivity contribution in [1.82, 2.24) is 14.7 Å². The summed E-state index contributed by atoms with van der Waals surface area (Å²) >= 11 is 4.40. The average molecular weight is 937 g/mol. The number of ether oxygens (including phenoxy) is 5. The molecule has 0 bridgehead atoms. The molecule has 3 saturated heterocycles. The Morgan fingerprint density at radius 2 is 0.952 bits per heavy atom. The van der Waals surface area contributed by atoms with E-state index in [4.69, 9.17) is 28.7 Å². The number of hydrogen-bond acceptors (Lipinski definition) is 21. The maximum Gasteiger partial charge on any atom is 0.161 e. The summed E-state index contributed by atoms with van der Waals surface area (Å²) in [6, 6.07) is 6.86. The third-order valence-electron chi connectivity index (χ3n) is 10.8. The van der Waals surface area contributed by atoms with Crippen LogP contribution in [0.15, 0.2) is 39.2 Å². The van der Waals surface area contributed by atoms with Crippen LogP contribution < -0.4 is 4.74 Å². The van der Waals surface area contributed by atoms with E-state index in [2.05, 4.69) is 16.9 Å². The highest BCUT2D eigenvalue weighted by molar-refractivity contribution is 8.15. The lowest BCUT2D eigenvalue weighted by molar-refractivity contribution is -0.181. The number of hydrogen-bond donors (Lipinski definition) is 7. The smallest absolute Gasteiger partial charge is 0.161 e. The minimum Gasteiger partial charge on any atom is -0.497 e. The molecule has 6 aliphatic heterocycles. The van der Waals surface area contributed by atoms with Gasteiger partial charge in [-0.25, -0.2) is 0 Å². The number of methoxy groups -OCH3 is 1. The first-order valence-electron chi connectivity index (χ1n) is 20.0. The van der Waals surface area contributed by atoms with E-state index in [1.54, 1.807) is 25.8 Å². The van der Waals surface area contributed by atoms with Gasteiger partial charge in [0.1, 0.15) is 76.8 Å². The summed E-state index contributed by atoms with van der Waals surface area (Å²) in [6.45, 7) is 7.41. The predicted molar refractivity (Wildman–Crippen MR) is 247 cm³/mol. The first kappa shape index (κ1) is 54.4. The fourth-order valence-electron chi connectivity index (χ4n) is 7.42. The van der Waals surface area contributed by atoms with Crippen molar-refractivity contribution >= 4 is 50.8 Å². The molecular weight excluding hydrogens is 865 g/mol. The molecule has 18 nitrogen and oxygen atoms in total. The zero-order valence-electron chi connectivity index (χ0n) is 36.0. The molecule has 0 aromatic heterocycles. The molecule has 1 aromatic carbocycles. The van der Waals surface area contributed by atoms with E-state index in [1.165, 1.54) is 37.4 Å². The molecule has 18 atom stereocenters. The van der Waals surface area contributed by atoms with Gasteiger partial charge >= 0.3 is 0 Å². The number of aliphatic hydroxyl groups excluding tert-OH is 7. The molecule has 0 saturated carbocycles. The van der Waals surface area contributed by atoms with Crippen LogP contribution in [0.5, 0.6) is 5.75 Å². The number of thioether (sulfide) groups is 3. The summed E-state index contributed by atoms with van der Waals surface area (Å²) in [7, 11) is 13.0. The monoisotopic (exact) mass is 936 g/mol. The van der Waals surface area contributed by atoms with E-state index in [0.29, 0.717) is 6.61 Å². The minimum absolute atomic E-state index is 0. The molecule has 356 valence electrons. The normalized spacial score (nSPS) is 36.9. The third-order valence-corrected chi connectivity index (χ3v) is 14.7. The van der Waals surface area contributed by atoms with E-state index >= 15 is 0 Å². The Balaban J connectivity index is 0.000000252. The van der Waals surface area contributed by atoms with Crippen LogP contribution in [0.3, 0.4) is 0 Å². The second-order valence-corrected chi connectivity index (χ2v) is 19.5. The number of aliphatic imine (C=N–C) groups is 3. The lowest BCUT2D eigenvalue weighted by atomic mass is 9.87. The molecule has 6 heterocycles. The number of benzene rings is 1. The Morgan fingerprint density at radius 3 is 1.31 bits per heavy atom. The number of nitrogens with zero attached hydrogens (tertiary/aromatic N) is 6. The Hall–Kier alpha value is -1.96. The molecule has 0 spiro atoms. The minimum atomic E-state index is -1.11. The fourth-order valence-corrected chi connectivity index (χ4v) is 10.9. The van der Waals surface area contributed by atoms with E-state index in [1.807, 2.05) is 81.3 Å². The maximum absolute atomic E-state index is 10.2. The lowest BCUT2D eigenvalue weighted by Gasteiger charge is -2.42. The third kappa shape index (κ3) is 12.5. The van der Waals surface area contributed by atoms with Crippen molar-refractivity contribution in [2.24, 2.45) is 20.9 Å². The van der Waals surface area contributed by atoms with Gasteiger partial charge in [-0.3, -0.25) is 15.0 Å². The number of aliphatic hydroxyl groups is 7. The quantitative estimate of drug-likeness (QED) is 0.204. The second-order valence-electron chi connectivity index (χ2n) is 16.3. The van der Waals surface area contributed by atoms with Crippen LogP contribution in [-0.4, -0.2) is 217 Å². The van der Waals surface area contributed by atoms with Crippen molar-refractivity contribution in [3.63, 3.8) is 0 Å². The van der Waals surface area contributed by atoms with E-state index < -0.39 is 67.0 Å². The van der Waals surface area contributed by atoms with Crippen LogP contribution >= 0.6 is 35.3 Å². The van der Waals surface area contributed by atoms with Crippen LogP contribution in [0.25, 0.3) is 0 Å². The molecule has 62 heavy (non-hydrogen) atoms. The standard InChI is InChI=1S/C19H28N2O4S.2C10H18N2O4S.2CH4/c1-11-16(12(2)22)25-18-15(20-19(26-18)21(3)4)17(11)24-10-13-6-8-14(23-5)9-7-13;2*1-4(13)8-7(15)6(14)5-9(16-8)17-10(11-5)12(2)3;;/h6-9,11-12,15-18,22H,10H2,1-5H3;2*4-9,13-15H,1-3H3;2*1H4/t11-,12?,15-,16+,17+,18-;4-,5+,6+,7-,8+,9+;4-,5-,6-,7+,8-,9-;;/m101../s1. The van der Waals surface area contributed by atoms with Crippen molar-refractivity contribution in [1.29, 1.82) is 0 Å². The highest BCUT2D eigenvalue weighted by atomic mass is 32.2. The molecular formula is C41H72N6O12S3. The van der Waals surface area contributed by atoms with Gasteiger partial charge in [-0.15, -0.1) is 0 Å². The van der Waals surface area contributed by atoms with Crippen molar-refractivity contribution in [3.05, 3.63) is 29.8 Å². The molecule has 6 aliphatic rings. The molecule has 1 aromatic rings. The SMILES string of the molecule is C.C.COc1ccc(CO[C@H]2[C@H](C)[C@@H](C(C)O)O[C@@H]3SC(N(C)C)=N[C@H]23)cc1.C[C@@H](O)[C@H]1O[C@@H]2SC(N(C)C)=N[C@@H]2[C@@H](O)[C@@H]1O.C[C@H](O)[C@H]1O[C@@H]2SC(N(C)C)=N[C@@H]2[C@@H](O)[C@@H]1O. The average Bonchev–Trinajstić information content (AvgIpc) is 3.95. The summed E-state index contributed by atoms with van der Waals surface area (Å²) < 4.78 is 28.9. The molecule has 0 radical (unpaired) electrons. The molecule has 1 unspecified atom stereocenters. The van der Waals surface area contributed by atoms with Gasteiger partial charge in [0.2, 0.25) is 0 Å². The van der Waals surface area contributed by atoms with Crippen LogP contribution in [0.4, 0.5) is 0 Å². The van der Waals surface area contributed by atoms with E-state index in [0.717, 1.165) is 26.8 Å². The van der Waals surface area contributed by atoms with Crippen molar-refractivity contribution in [2.45, 2.75) is 151 Å². The molecule has 7 N–H and O–H groups in total. The summed E-state index contributed by atoms with van der Waals surface area (Å²) in [5, 5.41) is 71.3. The van der Waals surface area contributed by atoms with Crippen LogP contribution in [0.1, 0.15) is 48.1 Å². The molecule has 21 heteroatoms. The topological polar surface area (TPSA) is 235 Å². The fraction of sp³-hybridized carbons (Fsp3) is 0.780. The first-order valence-corrected chi connectivity index (χ1v) is 22.6. The number of amidine groups is 3. The number of rotatable bonds is 7. The van der Waals surface area contributed by atoms with Gasteiger partial charge < -0.3 is 74.1 Å². The largest absolute Gasteiger partial charge is 0.497 e. The zero-order chi connectivity index (χ0) is 44.3. The van der Waals surface area contributed by atoms with Crippen LogP contribution in [0.2, 0.25) is 0 Å². The van der Waals surface area contributed by atoms with Crippen molar-refractivity contribution in [3.8, 4) is 5.75 Å². The van der Waals surface area contributed by atoms with Crippen LogP contribution in [-0.2, 0) is 25.6 Å². The van der Waals surface area contributed by atoms with Gasteiger partial charge in [-0.05, 0) is 38.5 Å². The number of fused-ring (bicyclic) bond motifs is 3. The van der Waals surface area contributed by atoms with Gasteiger partial charge in [0.15, 0.2) is 15.5 Å². The summed E-state index contributed by atoms with van der Waals surface area (Å²) in [5.41, 5.74) is 0.275. The Bertz CT molecular complexity index is 1580. The molecule has 0 amide bonds. The van der Waals surface area contributed by atoms with E-state index in [9.17, 15) is 35.7 Å². The second kappa shape index (κ2) is 23.5. The van der Waals surface area contributed by atoms with Gasteiger partial charge in [0, 0.05) is 48.2 Å². The van der Waals surface area contributed by atoms with Crippen molar-refractivity contribution < 1.29 is 59.4 Å². The van der Waals surface area contributed by atoms with Crippen molar-refractivity contribution in [2.75, 3.05) is 49.4 Å². The highest BCUT2D eigenvalue weighted by Crippen LogP contribution is 2.42. The van der Waals surface area contributed by atoms with Crippen LogP contribution in [0, 0.1) is 5.92 Å². The van der Waals surface area contributed by atoms with Gasteiger partial charge in [0.05, 0.1) is 44.2 Å². The molecule has 0 aliphatic carbocycles. The Labute approximate surface area is 380 Å². The van der Waals surface area contributed by atoms with E-state index in [-0.39, 0.29) is 55.3 Å². The summed E-state index contributed by atoms with van der Waals surface area (Å²) in [5.74, 6) is 0.871. The van der Waals surface area contributed by atoms with Gasteiger partial charge in [-0.2, -0.15) is 0 Å². The molecule has 7 rings (SSSR count). The Kier molecular flexibility index (Phi) is 20.6. The Morgan fingerprint density at radius 1 is 0.597 bits per heavy atom. The summed E-state index contributed by atoms with van der Waals surface area (Å²) in [6.07, 6.45) is -8.34. The lowest BCUT2D eigenvalue weighted by Crippen LogP contribution is -2.57. The van der Waals surface area contributed by atoms with Gasteiger partial charge in [0.25, 0.3) is 0 Å². The summed E-state index contributed by atoms with van der Waals surface area (Å²) in [4.78, 5) is 19.1.